The first-order chi connectivity index (χ1) is 10.0. The number of nitro benzene ring substituents is 1. The fourth-order valence-corrected chi connectivity index (χ4v) is 3.43. The molecule has 6 nitrogen and oxygen atoms in total. The van der Waals surface area contributed by atoms with Crippen LogP contribution in [0.25, 0.3) is 0 Å². The number of non-ortho nitro benzene ring substituents is 1. The van der Waals surface area contributed by atoms with Gasteiger partial charge >= 0.3 is 0 Å². The summed E-state index contributed by atoms with van der Waals surface area (Å²) in [6.07, 6.45) is 6.21. The number of carbonyl (C=O) groups is 1. The minimum Gasteiger partial charge on any atom is -0.398 e. The Hall–Kier alpha value is -1.76. The monoisotopic (exact) mass is 309 g/mol. The Bertz CT molecular complexity index is 550. The van der Waals surface area contributed by atoms with Crippen LogP contribution < -0.4 is 11.1 Å². The van der Waals surface area contributed by atoms with Gasteiger partial charge in [0.15, 0.2) is 0 Å². The molecule has 0 heterocycles. The van der Waals surface area contributed by atoms with Crippen LogP contribution in [0.4, 0.5) is 11.4 Å². The molecule has 1 fully saturated rings. The van der Waals surface area contributed by atoms with Crippen LogP contribution in [0.2, 0.25) is 0 Å². The molecule has 2 atom stereocenters. The minimum absolute atomic E-state index is 0.113. The van der Waals surface area contributed by atoms with Crippen LogP contribution in [0.5, 0.6) is 0 Å². The van der Waals surface area contributed by atoms with E-state index >= 15 is 0 Å². The SMILES string of the molecule is CSC1CCCC(NC(=O)c2cc([N+](=O)[O-])ccc2N)C1. The zero-order chi connectivity index (χ0) is 15.4. The highest BCUT2D eigenvalue weighted by molar-refractivity contribution is 7.99. The van der Waals surface area contributed by atoms with E-state index in [-0.39, 0.29) is 28.9 Å². The van der Waals surface area contributed by atoms with Gasteiger partial charge in [0.2, 0.25) is 0 Å². The molecule has 0 saturated heterocycles. The van der Waals surface area contributed by atoms with Crippen molar-refractivity contribution in [2.75, 3.05) is 12.0 Å². The van der Waals surface area contributed by atoms with E-state index in [4.69, 9.17) is 5.73 Å². The highest BCUT2D eigenvalue weighted by atomic mass is 32.2. The van der Waals surface area contributed by atoms with Crippen molar-refractivity contribution in [3.05, 3.63) is 33.9 Å². The molecule has 0 radical (unpaired) electrons. The fourth-order valence-electron chi connectivity index (χ4n) is 2.61. The summed E-state index contributed by atoms with van der Waals surface area (Å²) in [7, 11) is 0. The number of nitrogens with zero attached hydrogens (tertiary/aromatic N) is 1. The number of hydrogen-bond acceptors (Lipinski definition) is 5. The predicted molar refractivity (Wildman–Crippen MR) is 84.5 cm³/mol. The first-order valence-corrected chi connectivity index (χ1v) is 8.17. The summed E-state index contributed by atoms with van der Waals surface area (Å²) < 4.78 is 0. The number of nitrogen functional groups attached to an aromatic ring is 1. The second kappa shape index (κ2) is 6.80. The molecular weight excluding hydrogens is 290 g/mol. The molecule has 3 N–H and O–H groups in total. The lowest BCUT2D eigenvalue weighted by molar-refractivity contribution is -0.384. The number of hydrogen-bond donors (Lipinski definition) is 2. The van der Waals surface area contributed by atoms with E-state index in [1.54, 1.807) is 0 Å². The van der Waals surface area contributed by atoms with Gasteiger partial charge in [-0.05, 0) is 31.6 Å². The Morgan fingerprint density at radius 3 is 2.90 bits per heavy atom. The van der Waals surface area contributed by atoms with E-state index < -0.39 is 4.92 Å². The van der Waals surface area contributed by atoms with Crippen molar-refractivity contribution in [2.24, 2.45) is 0 Å². The summed E-state index contributed by atoms with van der Waals surface area (Å²) in [4.78, 5) is 22.5. The third-order valence-electron chi connectivity index (χ3n) is 3.79. The lowest BCUT2D eigenvalue weighted by Crippen LogP contribution is -2.39. The van der Waals surface area contributed by atoms with Crippen LogP contribution in [0.3, 0.4) is 0 Å². The summed E-state index contributed by atoms with van der Waals surface area (Å²) in [6, 6.07) is 4.05. The van der Waals surface area contributed by atoms with Crippen LogP contribution in [0, 0.1) is 10.1 Å². The molecule has 21 heavy (non-hydrogen) atoms. The molecule has 0 aromatic heterocycles. The molecule has 1 amide bonds. The molecule has 2 unspecified atom stereocenters. The maximum atomic E-state index is 12.3. The summed E-state index contributed by atoms with van der Waals surface area (Å²) in [5, 5.41) is 14.3. The Balaban J connectivity index is 2.09. The van der Waals surface area contributed by atoms with Crippen molar-refractivity contribution in [3.8, 4) is 0 Å². The van der Waals surface area contributed by atoms with E-state index in [0.29, 0.717) is 5.25 Å². The molecule has 1 aromatic rings. The number of nitro groups is 1. The van der Waals surface area contributed by atoms with Gasteiger partial charge in [0.05, 0.1) is 10.5 Å². The molecule has 0 spiro atoms. The second-order valence-electron chi connectivity index (χ2n) is 5.22. The maximum absolute atomic E-state index is 12.3. The van der Waals surface area contributed by atoms with Gasteiger partial charge in [-0.1, -0.05) is 6.42 Å². The molecule has 1 saturated carbocycles. The first-order valence-electron chi connectivity index (χ1n) is 6.89. The van der Waals surface area contributed by atoms with Crippen molar-refractivity contribution in [2.45, 2.75) is 37.0 Å². The molecule has 1 aliphatic carbocycles. The minimum atomic E-state index is -0.527. The smallest absolute Gasteiger partial charge is 0.270 e. The zero-order valence-electron chi connectivity index (χ0n) is 11.9. The average Bonchev–Trinajstić information content (AvgIpc) is 2.47. The number of nitrogens with one attached hydrogen (secondary N) is 1. The van der Waals surface area contributed by atoms with E-state index in [2.05, 4.69) is 11.6 Å². The van der Waals surface area contributed by atoms with Gasteiger partial charge in [-0.25, -0.2) is 0 Å². The highest BCUT2D eigenvalue weighted by Gasteiger charge is 2.24. The molecule has 0 aliphatic heterocycles. The Morgan fingerprint density at radius 1 is 1.48 bits per heavy atom. The number of benzene rings is 1. The lowest BCUT2D eigenvalue weighted by Gasteiger charge is -2.28. The number of amides is 1. The second-order valence-corrected chi connectivity index (χ2v) is 6.36. The molecule has 7 heteroatoms. The van der Waals surface area contributed by atoms with Gasteiger partial charge in [-0.2, -0.15) is 11.8 Å². The number of carbonyl (C=O) groups excluding carboxylic acids is 1. The summed E-state index contributed by atoms with van der Waals surface area (Å²) >= 11 is 1.82. The van der Waals surface area contributed by atoms with Gasteiger partial charge in [0, 0.05) is 29.1 Å². The van der Waals surface area contributed by atoms with Crippen LogP contribution in [-0.4, -0.2) is 28.4 Å². The summed E-state index contributed by atoms with van der Waals surface area (Å²) in [6.45, 7) is 0. The van der Waals surface area contributed by atoms with Crippen molar-refractivity contribution in [3.63, 3.8) is 0 Å². The topological polar surface area (TPSA) is 98.3 Å². The van der Waals surface area contributed by atoms with Crippen molar-refractivity contribution in [1.29, 1.82) is 0 Å². The number of anilines is 1. The van der Waals surface area contributed by atoms with Crippen LogP contribution >= 0.6 is 11.8 Å². The van der Waals surface area contributed by atoms with E-state index in [1.165, 1.54) is 24.6 Å². The first kappa shape index (κ1) is 15.6. The van der Waals surface area contributed by atoms with Crippen molar-refractivity contribution < 1.29 is 9.72 Å². The summed E-state index contributed by atoms with van der Waals surface area (Å²) in [5.41, 5.74) is 6.07. The Kier molecular flexibility index (Phi) is 5.06. The molecule has 1 aliphatic rings. The Labute approximate surface area is 127 Å². The van der Waals surface area contributed by atoms with E-state index in [0.717, 1.165) is 19.3 Å². The van der Waals surface area contributed by atoms with Gasteiger partial charge in [-0.3, -0.25) is 14.9 Å². The van der Waals surface area contributed by atoms with E-state index in [1.807, 2.05) is 11.8 Å². The standard InChI is InChI=1S/C14H19N3O3S/c1-21-11-4-2-3-9(7-11)16-14(18)12-8-10(17(19)20)5-6-13(12)15/h5-6,8-9,11H,2-4,7,15H2,1H3,(H,16,18). The fraction of sp³-hybridized carbons (Fsp3) is 0.500. The quantitative estimate of drug-likeness (QED) is 0.506. The predicted octanol–water partition coefficient (Wildman–Crippen LogP) is 2.58. The van der Waals surface area contributed by atoms with Gasteiger partial charge in [0.25, 0.3) is 11.6 Å². The van der Waals surface area contributed by atoms with Crippen LogP contribution in [0.15, 0.2) is 18.2 Å². The number of thioether (sulfide) groups is 1. The van der Waals surface area contributed by atoms with Gasteiger partial charge in [-0.15, -0.1) is 0 Å². The molecule has 1 aromatic carbocycles. The van der Waals surface area contributed by atoms with Gasteiger partial charge < -0.3 is 11.1 Å². The van der Waals surface area contributed by atoms with Crippen molar-refractivity contribution in [1.82, 2.24) is 5.32 Å². The zero-order valence-corrected chi connectivity index (χ0v) is 12.7. The number of nitrogens with two attached hydrogens (primary N) is 1. The third-order valence-corrected chi connectivity index (χ3v) is 4.88. The van der Waals surface area contributed by atoms with Crippen LogP contribution in [-0.2, 0) is 0 Å². The average molecular weight is 309 g/mol. The van der Waals surface area contributed by atoms with Gasteiger partial charge in [0.1, 0.15) is 0 Å². The third kappa shape index (κ3) is 3.87. The maximum Gasteiger partial charge on any atom is 0.270 e. The lowest BCUT2D eigenvalue weighted by atomic mass is 9.94. The Morgan fingerprint density at radius 2 is 2.24 bits per heavy atom. The van der Waals surface area contributed by atoms with Crippen molar-refractivity contribution >= 4 is 29.0 Å². The van der Waals surface area contributed by atoms with E-state index in [9.17, 15) is 14.9 Å². The highest BCUT2D eigenvalue weighted by Crippen LogP contribution is 2.27. The molecular formula is C14H19N3O3S. The normalized spacial score (nSPS) is 21.8. The summed E-state index contributed by atoms with van der Waals surface area (Å²) in [5.74, 6) is -0.331. The van der Waals surface area contributed by atoms with Crippen LogP contribution in [0.1, 0.15) is 36.0 Å². The number of rotatable bonds is 4. The molecule has 114 valence electrons. The molecule has 0 bridgehead atoms. The molecule has 2 rings (SSSR count). The largest absolute Gasteiger partial charge is 0.398 e.